The molecular weight excluding hydrogens is 1080 g/mol. The lowest BCUT2D eigenvalue weighted by Gasteiger charge is -2.27. The van der Waals surface area contributed by atoms with Gasteiger partial charge in [-0.1, -0.05) is 332 Å². The van der Waals surface area contributed by atoms with E-state index >= 15 is 0 Å². The second-order valence-electron chi connectivity index (χ2n) is 26.5. The highest BCUT2D eigenvalue weighted by molar-refractivity contribution is 7.47. The maximum atomic E-state index is 13.6. The first-order valence-corrected chi connectivity index (χ1v) is 38.6. The normalized spacial score (nSPS) is 13.8. The molecule has 0 spiro atoms. The van der Waals surface area contributed by atoms with Gasteiger partial charge in [-0.3, -0.25) is 18.6 Å². The molecule has 2 N–H and O–H groups in total. The number of rotatable bonds is 68. The van der Waals surface area contributed by atoms with Crippen LogP contribution in [-0.4, -0.2) is 74.3 Å². The molecule has 0 aliphatic carbocycles. The van der Waals surface area contributed by atoms with Crippen molar-refractivity contribution in [3.05, 3.63) is 60.8 Å². The number of hydrogen-bond acceptors (Lipinski definition) is 6. The molecule has 0 fully saturated rings. The summed E-state index contributed by atoms with van der Waals surface area (Å²) in [4.78, 5) is 37.9. The van der Waals surface area contributed by atoms with Gasteiger partial charge < -0.3 is 19.4 Å². The molecular formula is C76H144N2O7P+. The maximum Gasteiger partial charge on any atom is 0.472 e. The third-order valence-electron chi connectivity index (χ3n) is 16.7. The average molecular weight is 1230 g/mol. The number of amides is 1. The first-order chi connectivity index (χ1) is 41.9. The van der Waals surface area contributed by atoms with Crippen LogP contribution < -0.4 is 5.32 Å². The van der Waals surface area contributed by atoms with E-state index in [1.54, 1.807) is 0 Å². The fraction of sp³-hybridized carbons (Fsp3) is 0.842. The van der Waals surface area contributed by atoms with Crippen molar-refractivity contribution in [3.8, 4) is 0 Å². The Morgan fingerprint density at radius 1 is 0.407 bits per heavy atom. The lowest BCUT2D eigenvalue weighted by Crippen LogP contribution is -2.47. The highest BCUT2D eigenvalue weighted by Gasteiger charge is 2.30. The number of ether oxygens (including phenoxy) is 1. The number of quaternary nitrogens is 1. The van der Waals surface area contributed by atoms with Crippen LogP contribution in [0, 0.1) is 0 Å². The van der Waals surface area contributed by atoms with Crippen molar-refractivity contribution in [3.63, 3.8) is 0 Å². The van der Waals surface area contributed by atoms with E-state index in [9.17, 15) is 19.0 Å². The fourth-order valence-electron chi connectivity index (χ4n) is 11.0. The van der Waals surface area contributed by atoms with Gasteiger partial charge in [0, 0.05) is 12.8 Å². The molecule has 0 heterocycles. The lowest BCUT2D eigenvalue weighted by molar-refractivity contribution is -0.870. The predicted octanol–water partition coefficient (Wildman–Crippen LogP) is 23.7. The van der Waals surface area contributed by atoms with Crippen LogP contribution in [0.4, 0.5) is 0 Å². The topological polar surface area (TPSA) is 111 Å². The zero-order valence-electron chi connectivity index (χ0n) is 57.8. The van der Waals surface area contributed by atoms with Crippen molar-refractivity contribution in [2.75, 3.05) is 40.9 Å². The van der Waals surface area contributed by atoms with Gasteiger partial charge in [0.25, 0.3) is 0 Å². The quantitative estimate of drug-likeness (QED) is 0.0205. The molecule has 0 radical (unpaired) electrons. The Hall–Kier alpha value is -2.29. The maximum absolute atomic E-state index is 13.6. The minimum atomic E-state index is -4.46. The molecule has 9 nitrogen and oxygen atoms in total. The monoisotopic (exact) mass is 1230 g/mol. The van der Waals surface area contributed by atoms with Gasteiger partial charge in [-0.05, 0) is 76.7 Å². The molecule has 0 aromatic carbocycles. The van der Waals surface area contributed by atoms with Crippen LogP contribution in [0.5, 0.6) is 0 Å². The molecule has 0 aliphatic heterocycles. The molecule has 86 heavy (non-hydrogen) atoms. The van der Waals surface area contributed by atoms with E-state index in [0.717, 1.165) is 89.9 Å². The Morgan fingerprint density at radius 3 is 1.08 bits per heavy atom. The van der Waals surface area contributed by atoms with E-state index in [-0.39, 0.29) is 25.1 Å². The SMILES string of the molecule is CCCCC/C=C\C/C=C\C/C=C\C/C=C\CCCCCCCCCC(=O)NC(COP(=O)(O)OCC[N+](C)(C)C)C(/C=C/CCCCCCCCCCCC)OC(=O)CCCCCCCCCCCCCCCCCCCCCCCCCCC. The zero-order valence-corrected chi connectivity index (χ0v) is 58.7. The summed E-state index contributed by atoms with van der Waals surface area (Å²) < 4.78 is 30.9. The van der Waals surface area contributed by atoms with Crippen molar-refractivity contribution >= 4 is 19.7 Å². The van der Waals surface area contributed by atoms with Crippen LogP contribution >= 0.6 is 7.82 Å². The fourth-order valence-corrected chi connectivity index (χ4v) is 11.7. The van der Waals surface area contributed by atoms with Crippen molar-refractivity contribution < 1.29 is 37.3 Å². The number of esters is 1. The molecule has 0 saturated heterocycles. The number of nitrogens with one attached hydrogen (secondary N) is 1. The van der Waals surface area contributed by atoms with Crippen LogP contribution in [0.15, 0.2) is 60.8 Å². The number of carbonyl (C=O) groups excluding carboxylic acids is 2. The van der Waals surface area contributed by atoms with Crippen LogP contribution in [0.1, 0.15) is 361 Å². The number of likely N-dealkylation sites (N-methyl/N-ethyl adjacent to an activating group) is 1. The summed E-state index contributed by atoms with van der Waals surface area (Å²) in [5.74, 6) is -0.502. The average Bonchev–Trinajstić information content (AvgIpc) is 3.66. The van der Waals surface area contributed by atoms with Crippen LogP contribution in [0.25, 0.3) is 0 Å². The van der Waals surface area contributed by atoms with Gasteiger partial charge in [0.2, 0.25) is 5.91 Å². The van der Waals surface area contributed by atoms with Crippen LogP contribution in [-0.2, 0) is 27.9 Å². The lowest BCUT2D eigenvalue weighted by atomic mass is 10.0. The Morgan fingerprint density at radius 2 is 0.709 bits per heavy atom. The predicted molar refractivity (Wildman–Crippen MR) is 374 cm³/mol. The molecule has 10 heteroatoms. The van der Waals surface area contributed by atoms with Crippen molar-refractivity contribution in [1.82, 2.24) is 5.32 Å². The number of allylic oxidation sites excluding steroid dienone is 9. The number of unbranched alkanes of at least 4 members (excludes halogenated alkanes) is 44. The molecule has 3 unspecified atom stereocenters. The minimum absolute atomic E-state index is 0.0382. The number of carbonyl (C=O) groups is 2. The summed E-state index contributed by atoms with van der Waals surface area (Å²) >= 11 is 0. The second-order valence-corrected chi connectivity index (χ2v) is 27.9. The Kier molecular flexibility index (Phi) is 63.9. The third kappa shape index (κ3) is 66.1. The van der Waals surface area contributed by atoms with E-state index in [1.807, 2.05) is 33.3 Å². The molecule has 0 aromatic heterocycles. The Balaban J connectivity index is 5.03. The van der Waals surface area contributed by atoms with E-state index in [0.29, 0.717) is 23.9 Å². The summed E-state index contributed by atoms with van der Waals surface area (Å²) in [7, 11) is 1.50. The third-order valence-corrected chi connectivity index (χ3v) is 17.7. The smallest absolute Gasteiger partial charge is 0.456 e. The van der Waals surface area contributed by atoms with Gasteiger partial charge in [0.05, 0.1) is 33.8 Å². The largest absolute Gasteiger partial charge is 0.472 e. The highest BCUT2D eigenvalue weighted by Crippen LogP contribution is 2.43. The standard InChI is InChI=1S/C76H143N2O7P/c1-7-10-13-16-19-22-25-28-30-32-34-36-38-39-41-43-45-47-49-51-54-57-60-63-66-69-76(80)85-74(67-64-61-58-55-52-27-24-21-18-15-12-9-3)73(72-84-86(81,82)83-71-70-78(4,5)6)77-75(79)68-65-62-59-56-53-50-48-46-44-42-40-37-35-33-31-29-26-23-20-17-14-11-8-2/h20,23,29,31,35,37,42,44,64,67,73-74H,7-19,21-22,24-28,30,32-34,36,38-41,43,45-63,65-66,68-72H2,1-6H3,(H-,77,79,81,82)/p+1/b23-20-,31-29-,37-35-,44-42-,67-64+. The Labute approximate surface area is 534 Å². The number of hydrogen-bond donors (Lipinski definition) is 2. The van der Waals surface area contributed by atoms with Gasteiger partial charge in [-0.15, -0.1) is 0 Å². The number of phosphoric ester groups is 1. The Bertz CT molecular complexity index is 1650. The minimum Gasteiger partial charge on any atom is -0.456 e. The van der Waals surface area contributed by atoms with Gasteiger partial charge >= 0.3 is 13.8 Å². The van der Waals surface area contributed by atoms with E-state index in [1.165, 1.54) is 238 Å². The van der Waals surface area contributed by atoms with E-state index in [2.05, 4.69) is 74.7 Å². The van der Waals surface area contributed by atoms with Gasteiger partial charge in [-0.2, -0.15) is 0 Å². The van der Waals surface area contributed by atoms with Gasteiger partial charge in [-0.25, -0.2) is 4.57 Å². The summed E-state index contributed by atoms with van der Waals surface area (Å²) in [5.41, 5.74) is 0. The molecule has 0 saturated carbocycles. The van der Waals surface area contributed by atoms with Crippen LogP contribution in [0.3, 0.4) is 0 Å². The number of nitrogens with zero attached hydrogens (tertiary/aromatic N) is 1. The van der Waals surface area contributed by atoms with Gasteiger partial charge in [0.1, 0.15) is 19.3 Å². The molecule has 0 aliphatic rings. The van der Waals surface area contributed by atoms with Gasteiger partial charge in [0.15, 0.2) is 0 Å². The summed E-state index contributed by atoms with van der Waals surface area (Å²) in [6.45, 7) is 7.03. The highest BCUT2D eigenvalue weighted by atomic mass is 31.2. The summed E-state index contributed by atoms with van der Waals surface area (Å²) in [6, 6.07) is -0.855. The summed E-state index contributed by atoms with van der Waals surface area (Å²) in [5, 5.41) is 3.07. The van der Waals surface area contributed by atoms with E-state index in [4.69, 9.17) is 13.8 Å². The summed E-state index contributed by atoms with van der Waals surface area (Å²) in [6.07, 6.45) is 85.3. The molecule has 0 rings (SSSR count). The first-order valence-electron chi connectivity index (χ1n) is 37.1. The second kappa shape index (κ2) is 65.7. The van der Waals surface area contributed by atoms with Crippen molar-refractivity contribution in [2.45, 2.75) is 373 Å². The molecule has 3 atom stereocenters. The molecule has 1 amide bonds. The zero-order chi connectivity index (χ0) is 62.8. The van der Waals surface area contributed by atoms with E-state index < -0.39 is 20.0 Å². The molecule has 0 bridgehead atoms. The molecule has 504 valence electrons. The van der Waals surface area contributed by atoms with Crippen LogP contribution in [0.2, 0.25) is 0 Å². The van der Waals surface area contributed by atoms with Crippen molar-refractivity contribution in [2.24, 2.45) is 0 Å². The number of phosphoric acid groups is 1. The van der Waals surface area contributed by atoms with Crippen molar-refractivity contribution in [1.29, 1.82) is 0 Å². The first kappa shape index (κ1) is 83.7. The molecule has 0 aromatic rings.